The van der Waals surface area contributed by atoms with Gasteiger partial charge in [-0.1, -0.05) is 30.3 Å². The van der Waals surface area contributed by atoms with Crippen LogP contribution in [0, 0.1) is 15.9 Å². The number of benzene rings is 2. The second-order valence-electron chi connectivity index (χ2n) is 6.16. The quantitative estimate of drug-likeness (QED) is 0.657. The Balaban J connectivity index is 2.00. The summed E-state index contributed by atoms with van der Waals surface area (Å²) in [6.07, 6.45) is 0. The second kappa shape index (κ2) is 6.95. The highest BCUT2D eigenvalue weighted by Crippen LogP contribution is 2.36. The van der Waals surface area contributed by atoms with Crippen molar-refractivity contribution in [3.63, 3.8) is 0 Å². The first-order valence-electron chi connectivity index (χ1n) is 8.08. The molecule has 0 aliphatic carbocycles. The summed E-state index contributed by atoms with van der Waals surface area (Å²) in [6.45, 7) is 1.46. The van der Waals surface area contributed by atoms with E-state index in [1.807, 2.05) is 0 Å². The molecular weight excluding hydrogens is 339 g/mol. The van der Waals surface area contributed by atoms with Crippen LogP contribution < -0.4 is 4.90 Å². The molecular formula is C19H17FN2O4. The summed E-state index contributed by atoms with van der Waals surface area (Å²) in [7, 11) is 0. The van der Waals surface area contributed by atoms with Crippen LogP contribution in [0.25, 0.3) is 0 Å². The van der Waals surface area contributed by atoms with Gasteiger partial charge in [0.15, 0.2) is 5.76 Å². The highest BCUT2D eigenvalue weighted by Gasteiger charge is 2.41. The maximum absolute atomic E-state index is 13.1. The molecule has 26 heavy (non-hydrogen) atoms. The Labute approximate surface area is 149 Å². The first kappa shape index (κ1) is 17.6. The van der Waals surface area contributed by atoms with Crippen LogP contribution in [0.1, 0.15) is 18.4 Å². The summed E-state index contributed by atoms with van der Waals surface area (Å²) >= 11 is 0. The minimum Gasteiger partial charge on any atom is -0.503 e. The van der Waals surface area contributed by atoms with Crippen LogP contribution in [-0.2, 0) is 4.79 Å². The summed E-state index contributed by atoms with van der Waals surface area (Å²) in [5, 5.41) is 21.8. The van der Waals surface area contributed by atoms with Gasteiger partial charge in [-0.05, 0) is 29.8 Å². The minimum atomic E-state index is -1.03. The number of hydrogen-bond donors (Lipinski definition) is 1. The molecule has 134 valence electrons. The van der Waals surface area contributed by atoms with Gasteiger partial charge in [-0.3, -0.25) is 14.9 Å². The topological polar surface area (TPSA) is 83.7 Å². The fourth-order valence-corrected chi connectivity index (χ4v) is 3.21. The Morgan fingerprint density at radius 3 is 2.35 bits per heavy atom. The van der Waals surface area contributed by atoms with Crippen molar-refractivity contribution in [3.8, 4) is 0 Å². The van der Waals surface area contributed by atoms with Crippen molar-refractivity contribution in [2.45, 2.75) is 18.9 Å². The second-order valence-corrected chi connectivity index (χ2v) is 6.16. The zero-order valence-corrected chi connectivity index (χ0v) is 14.0. The Hall–Kier alpha value is -3.22. The van der Waals surface area contributed by atoms with Crippen LogP contribution in [0.4, 0.5) is 10.1 Å². The molecule has 6 nitrogen and oxygen atoms in total. The molecule has 0 fully saturated rings. The van der Waals surface area contributed by atoms with Crippen molar-refractivity contribution in [2.75, 3.05) is 11.4 Å². The van der Waals surface area contributed by atoms with Gasteiger partial charge in [-0.25, -0.2) is 4.39 Å². The third kappa shape index (κ3) is 3.15. The lowest BCUT2D eigenvalue weighted by Crippen LogP contribution is -2.30. The van der Waals surface area contributed by atoms with E-state index in [0.717, 1.165) is 0 Å². The first-order chi connectivity index (χ1) is 12.4. The lowest BCUT2D eigenvalue weighted by molar-refractivity contribution is -0.520. The molecule has 0 radical (unpaired) electrons. The lowest BCUT2D eigenvalue weighted by atomic mass is 9.85. The number of halogens is 1. The molecule has 0 saturated heterocycles. The average Bonchev–Trinajstić information content (AvgIpc) is 2.92. The third-order valence-corrected chi connectivity index (χ3v) is 4.57. The number of rotatable bonds is 5. The molecule has 1 amide bonds. The molecule has 0 saturated carbocycles. The number of nitrogens with zero attached hydrogens (tertiary/aromatic N) is 2. The summed E-state index contributed by atoms with van der Waals surface area (Å²) in [5.74, 6) is -2.33. The predicted octanol–water partition coefficient (Wildman–Crippen LogP) is 3.43. The number of amides is 1. The van der Waals surface area contributed by atoms with Gasteiger partial charge in [0, 0.05) is 23.1 Å². The van der Waals surface area contributed by atoms with Gasteiger partial charge in [0.2, 0.25) is 6.04 Å². The van der Waals surface area contributed by atoms with Crippen LogP contribution in [0.3, 0.4) is 0 Å². The van der Waals surface area contributed by atoms with Crippen LogP contribution in [0.15, 0.2) is 65.9 Å². The molecule has 0 unspecified atom stereocenters. The monoisotopic (exact) mass is 356 g/mol. The highest BCUT2D eigenvalue weighted by atomic mass is 19.1. The fourth-order valence-electron chi connectivity index (χ4n) is 3.21. The van der Waals surface area contributed by atoms with Crippen molar-refractivity contribution >= 4 is 11.6 Å². The molecule has 3 rings (SSSR count). The van der Waals surface area contributed by atoms with Gasteiger partial charge >= 0.3 is 0 Å². The average molecular weight is 356 g/mol. The van der Waals surface area contributed by atoms with Gasteiger partial charge < -0.3 is 10.0 Å². The number of hydrogen-bond acceptors (Lipinski definition) is 4. The SMILES string of the molecule is C[C@@H]([C@@H](C1=C(O)C(=O)N(c2ccc(F)cc2)C1)c1ccccc1)[N+](=O)[O-]. The lowest BCUT2D eigenvalue weighted by Gasteiger charge is -2.22. The van der Waals surface area contributed by atoms with E-state index in [1.165, 1.54) is 36.1 Å². The number of carbonyl (C=O) groups is 1. The standard InChI is InChI=1S/C19H17FN2O4/c1-12(22(25)26)17(13-5-3-2-4-6-13)16-11-21(19(24)18(16)23)15-9-7-14(20)8-10-15/h2-10,12,17,23H,11H2,1H3/t12-,17+/m0/s1. The van der Waals surface area contributed by atoms with Gasteiger partial charge in [-0.2, -0.15) is 0 Å². The molecule has 1 aliphatic heterocycles. The molecule has 0 aromatic heterocycles. The summed E-state index contributed by atoms with van der Waals surface area (Å²) in [5.41, 5.74) is 1.35. The normalized spacial score (nSPS) is 16.7. The van der Waals surface area contributed by atoms with Crippen molar-refractivity contribution in [1.82, 2.24) is 0 Å². The van der Waals surface area contributed by atoms with E-state index >= 15 is 0 Å². The molecule has 1 heterocycles. The molecule has 0 bridgehead atoms. The van der Waals surface area contributed by atoms with Crippen LogP contribution in [-0.4, -0.2) is 28.5 Å². The maximum Gasteiger partial charge on any atom is 0.293 e. The highest BCUT2D eigenvalue weighted by molar-refractivity contribution is 6.07. The summed E-state index contributed by atoms with van der Waals surface area (Å²) in [6, 6.07) is 13.0. The molecule has 1 aliphatic rings. The largest absolute Gasteiger partial charge is 0.503 e. The zero-order valence-electron chi connectivity index (χ0n) is 14.0. The number of anilines is 1. The Kier molecular flexibility index (Phi) is 4.71. The van der Waals surface area contributed by atoms with E-state index in [4.69, 9.17) is 0 Å². The molecule has 7 heteroatoms. The molecule has 1 N–H and O–H groups in total. The van der Waals surface area contributed by atoms with Gasteiger partial charge in [-0.15, -0.1) is 0 Å². The fraction of sp³-hybridized carbons (Fsp3) is 0.211. The van der Waals surface area contributed by atoms with Crippen molar-refractivity contribution in [1.29, 1.82) is 0 Å². The van der Waals surface area contributed by atoms with Crippen LogP contribution >= 0.6 is 0 Å². The van der Waals surface area contributed by atoms with E-state index in [-0.39, 0.29) is 12.1 Å². The first-order valence-corrected chi connectivity index (χ1v) is 8.08. The van der Waals surface area contributed by atoms with Gasteiger partial charge in [0.05, 0.1) is 12.5 Å². The van der Waals surface area contributed by atoms with E-state index in [0.29, 0.717) is 11.3 Å². The molecule has 2 atom stereocenters. The molecule has 2 aromatic carbocycles. The maximum atomic E-state index is 13.1. The number of nitro groups is 1. The number of aliphatic hydroxyl groups is 1. The molecule has 2 aromatic rings. The molecule has 0 spiro atoms. The summed E-state index contributed by atoms with van der Waals surface area (Å²) in [4.78, 5) is 24.7. The van der Waals surface area contributed by atoms with Crippen molar-refractivity contribution in [3.05, 3.63) is 87.4 Å². The van der Waals surface area contributed by atoms with Crippen molar-refractivity contribution < 1.29 is 19.2 Å². The van der Waals surface area contributed by atoms with Gasteiger partial charge in [0.25, 0.3) is 5.91 Å². The Morgan fingerprint density at radius 2 is 1.77 bits per heavy atom. The Morgan fingerprint density at radius 1 is 1.15 bits per heavy atom. The van der Waals surface area contributed by atoms with Crippen LogP contribution in [0.5, 0.6) is 0 Å². The van der Waals surface area contributed by atoms with E-state index in [2.05, 4.69) is 0 Å². The smallest absolute Gasteiger partial charge is 0.293 e. The third-order valence-electron chi connectivity index (χ3n) is 4.57. The summed E-state index contributed by atoms with van der Waals surface area (Å²) < 4.78 is 13.1. The number of carbonyl (C=O) groups excluding carboxylic acids is 1. The van der Waals surface area contributed by atoms with E-state index in [1.54, 1.807) is 30.3 Å². The predicted molar refractivity (Wildman–Crippen MR) is 94.0 cm³/mol. The van der Waals surface area contributed by atoms with Gasteiger partial charge in [0.1, 0.15) is 5.82 Å². The van der Waals surface area contributed by atoms with Crippen LogP contribution in [0.2, 0.25) is 0 Å². The van der Waals surface area contributed by atoms with E-state index in [9.17, 15) is 24.4 Å². The number of aliphatic hydroxyl groups excluding tert-OH is 1. The Bertz CT molecular complexity index is 865. The van der Waals surface area contributed by atoms with Crippen molar-refractivity contribution in [2.24, 2.45) is 0 Å². The minimum absolute atomic E-state index is 0.00798. The van der Waals surface area contributed by atoms with E-state index < -0.39 is 34.4 Å². The zero-order chi connectivity index (χ0) is 18.8.